The normalized spacial score (nSPS) is 19.5. The molecule has 0 aliphatic carbocycles. The van der Waals surface area contributed by atoms with E-state index < -0.39 is 15.0 Å². The lowest BCUT2D eigenvalue weighted by molar-refractivity contribution is -0.384. The van der Waals surface area contributed by atoms with Gasteiger partial charge in [0, 0.05) is 12.7 Å². The smallest absolute Gasteiger partial charge is 0.311 e. The predicted molar refractivity (Wildman–Crippen MR) is 71.1 cm³/mol. The van der Waals surface area contributed by atoms with Crippen LogP contribution in [0.3, 0.4) is 0 Å². The fourth-order valence-corrected chi connectivity index (χ4v) is 3.18. The molecule has 20 heavy (non-hydrogen) atoms. The summed E-state index contributed by atoms with van der Waals surface area (Å²) in [5, 5.41) is 10.6. The molecule has 0 N–H and O–H groups in total. The standard InChI is InChI=1S/C12H15NO6S/c14-13(15)10-4-3-6-11(8-10)19-20(16,17)9-12-5-1-2-7-18-12/h3-4,6,8,12H,1-2,5,7,9H2/t12-/m0/s1. The Morgan fingerprint density at radius 2 is 2.20 bits per heavy atom. The van der Waals surface area contributed by atoms with Crippen LogP contribution in [0.2, 0.25) is 0 Å². The minimum absolute atomic E-state index is 0.0602. The molecule has 0 saturated carbocycles. The Hall–Kier alpha value is -1.67. The third-order valence-corrected chi connectivity index (χ3v) is 4.14. The lowest BCUT2D eigenvalue weighted by Crippen LogP contribution is -2.29. The molecule has 1 aliphatic rings. The van der Waals surface area contributed by atoms with Gasteiger partial charge in [-0.1, -0.05) is 6.07 Å². The number of nitro groups is 1. The maximum atomic E-state index is 11.9. The van der Waals surface area contributed by atoms with E-state index in [0.29, 0.717) is 13.0 Å². The average molecular weight is 301 g/mol. The van der Waals surface area contributed by atoms with Gasteiger partial charge in [-0.25, -0.2) is 0 Å². The SMILES string of the molecule is O=[N+]([O-])c1cccc(OS(=O)(=O)C[C@@H]2CCCCO2)c1. The monoisotopic (exact) mass is 301 g/mol. The summed E-state index contributed by atoms with van der Waals surface area (Å²) < 4.78 is 34.0. The first-order valence-corrected chi connectivity index (χ1v) is 7.82. The van der Waals surface area contributed by atoms with Crippen LogP contribution < -0.4 is 4.18 Å². The second kappa shape index (κ2) is 6.19. The molecule has 0 radical (unpaired) electrons. The molecule has 1 aromatic rings. The second-order valence-corrected chi connectivity index (χ2v) is 6.17. The van der Waals surface area contributed by atoms with E-state index in [-0.39, 0.29) is 23.3 Å². The van der Waals surface area contributed by atoms with Crippen LogP contribution in [0.25, 0.3) is 0 Å². The summed E-state index contributed by atoms with van der Waals surface area (Å²) in [5.41, 5.74) is -0.216. The van der Waals surface area contributed by atoms with Crippen molar-refractivity contribution in [2.45, 2.75) is 25.4 Å². The van der Waals surface area contributed by atoms with Crippen molar-refractivity contribution in [2.75, 3.05) is 12.4 Å². The topological polar surface area (TPSA) is 95.7 Å². The highest BCUT2D eigenvalue weighted by atomic mass is 32.2. The van der Waals surface area contributed by atoms with E-state index in [9.17, 15) is 18.5 Å². The summed E-state index contributed by atoms with van der Waals surface area (Å²) in [7, 11) is -3.82. The lowest BCUT2D eigenvalue weighted by Gasteiger charge is -2.22. The van der Waals surface area contributed by atoms with E-state index in [1.165, 1.54) is 18.2 Å². The first kappa shape index (κ1) is 14.7. The van der Waals surface area contributed by atoms with Crippen molar-refractivity contribution in [1.82, 2.24) is 0 Å². The zero-order valence-corrected chi connectivity index (χ0v) is 11.5. The van der Waals surface area contributed by atoms with Crippen LogP contribution in [-0.4, -0.2) is 31.8 Å². The van der Waals surface area contributed by atoms with Crippen LogP contribution in [0.15, 0.2) is 24.3 Å². The molecule has 0 aromatic heterocycles. The van der Waals surface area contributed by atoms with Gasteiger partial charge in [-0.05, 0) is 25.3 Å². The van der Waals surface area contributed by atoms with E-state index in [0.717, 1.165) is 18.9 Å². The van der Waals surface area contributed by atoms with Gasteiger partial charge in [0.2, 0.25) is 0 Å². The summed E-state index contributed by atoms with van der Waals surface area (Å²) in [5.74, 6) is -0.301. The Morgan fingerprint density at radius 3 is 2.85 bits per heavy atom. The van der Waals surface area contributed by atoms with Gasteiger partial charge in [-0.2, -0.15) is 8.42 Å². The number of hydrogen-bond donors (Lipinski definition) is 0. The van der Waals surface area contributed by atoms with Gasteiger partial charge in [0.05, 0.1) is 17.1 Å². The van der Waals surface area contributed by atoms with E-state index in [1.54, 1.807) is 0 Å². The highest BCUT2D eigenvalue weighted by molar-refractivity contribution is 7.87. The molecule has 7 nitrogen and oxygen atoms in total. The second-order valence-electron chi connectivity index (χ2n) is 4.55. The summed E-state index contributed by atoms with van der Waals surface area (Å²) in [6.45, 7) is 0.553. The molecule has 0 bridgehead atoms. The maximum Gasteiger partial charge on any atom is 0.311 e. The van der Waals surface area contributed by atoms with Crippen LogP contribution in [-0.2, 0) is 14.9 Å². The molecule has 2 rings (SSSR count). The molecule has 110 valence electrons. The number of ether oxygens (including phenoxy) is 1. The van der Waals surface area contributed by atoms with Crippen LogP contribution in [0.4, 0.5) is 5.69 Å². The number of benzene rings is 1. The fourth-order valence-electron chi connectivity index (χ4n) is 2.00. The molecule has 1 atom stereocenters. The van der Waals surface area contributed by atoms with Crippen LogP contribution in [0, 0.1) is 10.1 Å². The number of hydrogen-bond acceptors (Lipinski definition) is 6. The molecule has 1 fully saturated rings. The van der Waals surface area contributed by atoms with Crippen molar-refractivity contribution in [3.63, 3.8) is 0 Å². The average Bonchev–Trinajstić information content (AvgIpc) is 2.39. The molecular formula is C12H15NO6S. The number of nitro benzene ring substituents is 1. The van der Waals surface area contributed by atoms with E-state index in [1.807, 2.05) is 0 Å². The zero-order valence-electron chi connectivity index (χ0n) is 10.7. The largest absolute Gasteiger partial charge is 0.382 e. The van der Waals surface area contributed by atoms with Crippen LogP contribution in [0.5, 0.6) is 5.75 Å². The first-order valence-electron chi connectivity index (χ1n) is 6.24. The summed E-state index contributed by atoms with van der Waals surface area (Å²) >= 11 is 0. The third-order valence-electron chi connectivity index (χ3n) is 2.92. The van der Waals surface area contributed by atoms with Gasteiger partial charge in [0.15, 0.2) is 0 Å². The number of non-ortho nitro benzene ring substituents is 1. The lowest BCUT2D eigenvalue weighted by atomic mass is 10.1. The molecule has 0 amide bonds. The Kier molecular flexibility index (Phi) is 4.56. The molecule has 1 saturated heterocycles. The van der Waals surface area contributed by atoms with Crippen LogP contribution in [0.1, 0.15) is 19.3 Å². The number of rotatable bonds is 5. The van der Waals surface area contributed by atoms with Crippen molar-refractivity contribution in [2.24, 2.45) is 0 Å². The van der Waals surface area contributed by atoms with Gasteiger partial charge in [0.1, 0.15) is 11.5 Å². The van der Waals surface area contributed by atoms with E-state index >= 15 is 0 Å². The van der Waals surface area contributed by atoms with E-state index in [4.69, 9.17) is 8.92 Å². The molecule has 0 unspecified atom stereocenters. The minimum Gasteiger partial charge on any atom is -0.382 e. The van der Waals surface area contributed by atoms with Gasteiger partial charge < -0.3 is 8.92 Å². The van der Waals surface area contributed by atoms with E-state index in [2.05, 4.69) is 0 Å². The van der Waals surface area contributed by atoms with Crippen molar-refractivity contribution in [3.05, 3.63) is 34.4 Å². The molecule has 8 heteroatoms. The maximum absolute atomic E-state index is 11.9. The Morgan fingerprint density at radius 1 is 1.40 bits per heavy atom. The third kappa shape index (κ3) is 4.17. The molecule has 1 aliphatic heterocycles. The Balaban J connectivity index is 2.03. The Bertz CT molecular complexity index is 579. The molecule has 1 heterocycles. The minimum atomic E-state index is -3.82. The molecular weight excluding hydrogens is 286 g/mol. The van der Waals surface area contributed by atoms with Gasteiger partial charge in [-0.15, -0.1) is 0 Å². The van der Waals surface area contributed by atoms with Crippen molar-refractivity contribution >= 4 is 15.8 Å². The van der Waals surface area contributed by atoms with Crippen molar-refractivity contribution in [3.8, 4) is 5.75 Å². The van der Waals surface area contributed by atoms with Gasteiger partial charge in [-0.3, -0.25) is 10.1 Å². The fraction of sp³-hybridized carbons (Fsp3) is 0.500. The summed E-state index contributed by atoms with van der Waals surface area (Å²) in [6, 6.07) is 5.09. The van der Waals surface area contributed by atoms with Crippen molar-refractivity contribution in [1.29, 1.82) is 0 Å². The quantitative estimate of drug-likeness (QED) is 0.468. The molecule has 0 spiro atoms. The highest BCUT2D eigenvalue weighted by Crippen LogP contribution is 2.22. The first-order chi connectivity index (χ1) is 9.46. The van der Waals surface area contributed by atoms with Gasteiger partial charge >= 0.3 is 10.1 Å². The predicted octanol–water partition coefficient (Wildman–Crippen LogP) is 1.87. The van der Waals surface area contributed by atoms with Gasteiger partial charge in [0.25, 0.3) is 5.69 Å². The highest BCUT2D eigenvalue weighted by Gasteiger charge is 2.24. The zero-order chi connectivity index (χ0) is 14.6. The molecule has 1 aromatic carbocycles. The Labute approximate surface area is 116 Å². The van der Waals surface area contributed by atoms with Crippen LogP contribution >= 0.6 is 0 Å². The summed E-state index contributed by atoms with van der Waals surface area (Å²) in [6.07, 6.45) is 2.17. The van der Waals surface area contributed by atoms with Crippen molar-refractivity contribution < 1.29 is 22.3 Å². The summed E-state index contributed by atoms with van der Waals surface area (Å²) in [4.78, 5) is 10.0. The number of nitrogens with zero attached hydrogens (tertiary/aromatic N) is 1.